The third-order valence-electron chi connectivity index (χ3n) is 2.74. The number of benzene rings is 1. The van der Waals surface area contributed by atoms with Crippen molar-refractivity contribution in [3.05, 3.63) is 56.1 Å². The summed E-state index contributed by atoms with van der Waals surface area (Å²) in [5, 5.41) is 0.186. The molecule has 0 N–H and O–H groups in total. The minimum Gasteiger partial charge on any atom is -0.497 e. The quantitative estimate of drug-likeness (QED) is 0.802. The van der Waals surface area contributed by atoms with Crippen molar-refractivity contribution < 1.29 is 4.74 Å². The minimum atomic E-state index is -0.173. The molecule has 0 amide bonds. The molecule has 0 radical (unpaired) electrons. The zero-order valence-electron chi connectivity index (χ0n) is 10.3. The second-order valence-electron chi connectivity index (χ2n) is 3.95. The van der Waals surface area contributed by atoms with Crippen LogP contribution in [0.3, 0.4) is 0 Å². The Kier molecular flexibility index (Phi) is 4.61. The first kappa shape index (κ1) is 14.1. The monoisotopic (exact) mass is 342 g/mol. The Hall–Kier alpha value is -1.33. The molecule has 4 nitrogen and oxygen atoms in total. The topological polar surface area (TPSA) is 44.1 Å². The summed E-state index contributed by atoms with van der Waals surface area (Å²) in [6.45, 7) is 0.550. The fourth-order valence-electron chi connectivity index (χ4n) is 1.64. The Labute approximate surface area is 124 Å². The first-order valence-corrected chi connectivity index (χ1v) is 6.82. The van der Waals surface area contributed by atoms with E-state index in [0.29, 0.717) is 11.0 Å². The van der Waals surface area contributed by atoms with Crippen LogP contribution in [0.2, 0.25) is 5.15 Å². The van der Waals surface area contributed by atoms with Gasteiger partial charge in [0, 0.05) is 6.54 Å². The number of aromatic nitrogens is 2. The molecule has 1 aromatic heterocycles. The van der Waals surface area contributed by atoms with Crippen molar-refractivity contribution >= 4 is 27.5 Å². The third kappa shape index (κ3) is 3.36. The van der Waals surface area contributed by atoms with Crippen LogP contribution in [0, 0.1) is 0 Å². The first-order valence-electron chi connectivity index (χ1n) is 5.65. The van der Waals surface area contributed by atoms with Gasteiger partial charge in [-0.05, 0) is 40.0 Å². The molecule has 0 fully saturated rings. The molecule has 1 aromatic carbocycles. The van der Waals surface area contributed by atoms with Gasteiger partial charge in [-0.1, -0.05) is 23.7 Å². The van der Waals surface area contributed by atoms with E-state index in [0.717, 1.165) is 17.7 Å². The lowest BCUT2D eigenvalue weighted by atomic mass is 10.1. The molecule has 0 saturated carbocycles. The molecule has 0 aliphatic heterocycles. The lowest BCUT2D eigenvalue weighted by Gasteiger charge is -2.07. The fourth-order valence-corrected chi connectivity index (χ4v) is 2.10. The molecule has 0 atom stereocenters. The molecule has 100 valence electrons. The second kappa shape index (κ2) is 6.21. The van der Waals surface area contributed by atoms with E-state index in [2.05, 4.69) is 20.9 Å². The van der Waals surface area contributed by atoms with Crippen LogP contribution in [0.4, 0.5) is 0 Å². The predicted molar refractivity (Wildman–Crippen MR) is 77.9 cm³/mol. The van der Waals surface area contributed by atoms with Crippen LogP contribution >= 0.6 is 27.5 Å². The number of methoxy groups -OCH3 is 1. The van der Waals surface area contributed by atoms with E-state index < -0.39 is 0 Å². The van der Waals surface area contributed by atoms with Gasteiger partial charge in [0.05, 0.1) is 13.4 Å². The molecule has 0 spiro atoms. The standard InChI is InChI=1S/C13H12BrClN2O2/c1-19-10-4-2-9(3-5-10)6-7-17-8-16-12(15)11(14)13(17)18/h2-5,8H,6-7H2,1H3. The van der Waals surface area contributed by atoms with Crippen molar-refractivity contribution in [3.63, 3.8) is 0 Å². The maximum absolute atomic E-state index is 11.9. The summed E-state index contributed by atoms with van der Waals surface area (Å²) >= 11 is 8.88. The molecule has 0 aliphatic rings. The normalized spacial score (nSPS) is 10.5. The van der Waals surface area contributed by atoms with Gasteiger partial charge in [-0.15, -0.1) is 0 Å². The van der Waals surface area contributed by atoms with Crippen molar-refractivity contribution in [3.8, 4) is 5.75 Å². The number of nitrogens with zero attached hydrogens (tertiary/aromatic N) is 2. The van der Waals surface area contributed by atoms with Crippen LogP contribution < -0.4 is 10.3 Å². The highest BCUT2D eigenvalue weighted by molar-refractivity contribution is 9.10. The Balaban J connectivity index is 2.10. The SMILES string of the molecule is COc1ccc(CCn2cnc(Cl)c(Br)c2=O)cc1. The molecule has 19 heavy (non-hydrogen) atoms. The van der Waals surface area contributed by atoms with E-state index in [9.17, 15) is 4.79 Å². The highest BCUT2D eigenvalue weighted by atomic mass is 79.9. The number of aryl methyl sites for hydroxylation is 2. The van der Waals surface area contributed by atoms with E-state index in [1.54, 1.807) is 7.11 Å². The maximum atomic E-state index is 11.9. The van der Waals surface area contributed by atoms with Gasteiger partial charge in [0.2, 0.25) is 0 Å². The number of hydrogen-bond donors (Lipinski definition) is 0. The van der Waals surface area contributed by atoms with E-state index >= 15 is 0 Å². The van der Waals surface area contributed by atoms with Crippen molar-refractivity contribution in [1.29, 1.82) is 0 Å². The number of ether oxygens (including phenoxy) is 1. The predicted octanol–water partition coefficient (Wildman–Crippen LogP) is 2.91. The van der Waals surface area contributed by atoms with E-state index in [4.69, 9.17) is 16.3 Å². The largest absolute Gasteiger partial charge is 0.497 e. The van der Waals surface area contributed by atoms with Gasteiger partial charge in [-0.2, -0.15) is 0 Å². The van der Waals surface area contributed by atoms with Crippen LogP contribution in [-0.2, 0) is 13.0 Å². The van der Waals surface area contributed by atoms with Crippen LogP contribution in [-0.4, -0.2) is 16.7 Å². The lowest BCUT2D eigenvalue weighted by Crippen LogP contribution is -2.22. The molecule has 6 heteroatoms. The molecule has 0 bridgehead atoms. The first-order chi connectivity index (χ1) is 9.11. The van der Waals surface area contributed by atoms with E-state index in [-0.39, 0.29) is 10.7 Å². The van der Waals surface area contributed by atoms with Gasteiger partial charge < -0.3 is 4.74 Å². The molecule has 2 rings (SSSR count). The summed E-state index contributed by atoms with van der Waals surface area (Å²) in [5.74, 6) is 0.817. The zero-order valence-corrected chi connectivity index (χ0v) is 12.6. The van der Waals surface area contributed by atoms with E-state index in [1.165, 1.54) is 10.9 Å². The molecule has 0 saturated heterocycles. The van der Waals surface area contributed by atoms with Gasteiger partial charge in [0.1, 0.15) is 10.2 Å². The average molecular weight is 344 g/mol. The summed E-state index contributed by atoms with van der Waals surface area (Å²) in [4.78, 5) is 15.8. The fraction of sp³-hybridized carbons (Fsp3) is 0.231. The van der Waals surface area contributed by atoms with Crippen molar-refractivity contribution in [2.24, 2.45) is 0 Å². The molecular weight excluding hydrogens is 332 g/mol. The Morgan fingerprint density at radius 1 is 1.37 bits per heavy atom. The molecule has 2 aromatic rings. The van der Waals surface area contributed by atoms with Crippen LogP contribution in [0.25, 0.3) is 0 Å². The summed E-state index contributed by atoms with van der Waals surface area (Å²) in [7, 11) is 1.63. The molecule has 0 unspecified atom stereocenters. The van der Waals surface area contributed by atoms with Gasteiger partial charge in [-0.3, -0.25) is 9.36 Å². The summed E-state index contributed by atoms with van der Waals surface area (Å²) < 4.78 is 6.92. The number of halogens is 2. The van der Waals surface area contributed by atoms with Crippen LogP contribution in [0.15, 0.2) is 39.9 Å². The third-order valence-corrected chi connectivity index (χ3v) is 3.97. The summed E-state index contributed by atoms with van der Waals surface area (Å²) in [6, 6.07) is 7.74. The van der Waals surface area contributed by atoms with Gasteiger partial charge in [0.15, 0.2) is 5.15 Å². The molecule has 0 aliphatic carbocycles. The Morgan fingerprint density at radius 2 is 2.05 bits per heavy atom. The minimum absolute atomic E-state index is 0.173. The zero-order chi connectivity index (χ0) is 13.8. The van der Waals surface area contributed by atoms with Gasteiger partial charge in [-0.25, -0.2) is 4.98 Å². The Morgan fingerprint density at radius 3 is 2.68 bits per heavy atom. The summed E-state index contributed by atoms with van der Waals surface area (Å²) in [6.07, 6.45) is 2.19. The lowest BCUT2D eigenvalue weighted by molar-refractivity contribution is 0.414. The van der Waals surface area contributed by atoms with Gasteiger partial charge in [0.25, 0.3) is 5.56 Å². The van der Waals surface area contributed by atoms with Crippen LogP contribution in [0.1, 0.15) is 5.56 Å². The van der Waals surface area contributed by atoms with Crippen molar-refractivity contribution in [1.82, 2.24) is 9.55 Å². The molecule has 1 heterocycles. The number of rotatable bonds is 4. The summed E-state index contributed by atoms with van der Waals surface area (Å²) in [5.41, 5.74) is 0.951. The van der Waals surface area contributed by atoms with Crippen molar-refractivity contribution in [2.75, 3.05) is 7.11 Å². The highest BCUT2D eigenvalue weighted by Crippen LogP contribution is 2.14. The Bertz CT molecular complexity index is 626. The maximum Gasteiger partial charge on any atom is 0.269 e. The van der Waals surface area contributed by atoms with Crippen LogP contribution in [0.5, 0.6) is 5.75 Å². The smallest absolute Gasteiger partial charge is 0.269 e. The van der Waals surface area contributed by atoms with Gasteiger partial charge >= 0.3 is 0 Å². The average Bonchev–Trinajstić information content (AvgIpc) is 2.45. The second-order valence-corrected chi connectivity index (χ2v) is 5.10. The highest BCUT2D eigenvalue weighted by Gasteiger charge is 2.06. The number of hydrogen-bond acceptors (Lipinski definition) is 3. The molecular formula is C13H12BrClN2O2. The van der Waals surface area contributed by atoms with Crippen molar-refractivity contribution in [2.45, 2.75) is 13.0 Å². The van der Waals surface area contributed by atoms with E-state index in [1.807, 2.05) is 24.3 Å².